The van der Waals surface area contributed by atoms with Crippen LogP contribution in [0.1, 0.15) is 62.1 Å². The van der Waals surface area contributed by atoms with Crippen LogP contribution in [-0.2, 0) is 12.8 Å². The van der Waals surface area contributed by atoms with Gasteiger partial charge in [0.15, 0.2) is 5.58 Å². The molecule has 0 saturated heterocycles. The van der Waals surface area contributed by atoms with Crippen LogP contribution in [0.4, 0.5) is 0 Å². The molecule has 112 valence electrons. The fourth-order valence-corrected chi connectivity index (χ4v) is 4.93. The number of furan rings is 1. The maximum atomic E-state index is 6.17. The van der Waals surface area contributed by atoms with Crippen molar-refractivity contribution in [3.8, 4) is 0 Å². The van der Waals surface area contributed by atoms with Gasteiger partial charge in [0.05, 0.1) is 0 Å². The second-order valence-corrected chi connectivity index (χ2v) is 7.63. The highest BCUT2D eigenvalue weighted by atomic mass is 32.2. The van der Waals surface area contributed by atoms with Gasteiger partial charge >= 0.3 is 0 Å². The Labute approximate surface area is 129 Å². The molecular weight excluding hydrogens is 280 g/mol. The molecule has 2 aliphatic carbocycles. The molecule has 0 bridgehead atoms. The molecule has 0 aliphatic heterocycles. The summed E-state index contributed by atoms with van der Waals surface area (Å²) in [7, 11) is 0. The smallest absolute Gasteiger partial charge is 0.185 e. The van der Waals surface area contributed by atoms with Gasteiger partial charge in [0, 0.05) is 17.2 Å². The number of hydrogen-bond donors (Lipinski definition) is 0. The molecule has 2 aliphatic rings. The van der Waals surface area contributed by atoms with Crippen LogP contribution in [0.2, 0.25) is 0 Å². The van der Waals surface area contributed by atoms with Gasteiger partial charge in [0.1, 0.15) is 22.1 Å². The van der Waals surface area contributed by atoms with Gasteiger partial charge in [-0.15, -0.1) is 0 Å². The van der Waals surface area contributed by atoms with Gasteiger partial charge in [-0.1, -0.05) is 31.0 Å². The van der Waals surface area contributed by atoms with Crippen LogP contribution in [0.3, 0.4) is 0 Å². The van der Waals surface area contributed by atoms with Crippen LogP contribution in [0.5, 0.6) is 0 Å². The topological polar surface area (TPSA) is 38.9 Å². The molecular formula is C17H22N2OS. The number of thioether (sulfide) groups is 1. The molecule has 0 atom stereocenters. The summed E-state index contributed by atoms with van der Waals surface area (Å²) < 4.78 is 6.17. The number of nitrogens with zero attached hydrogens (tertiary/aromatic N) is 2. The van der Waals surface area contributed by atoms with Gasteiger partial charge in [-0.2, -0.15) is 0 Å². The van der Waals surface area contributed by atoms with Crippen LogP contribution in [-0.4, -0.2) is 15.2 Å². The van der Waals surface area contributed by atoms with Crippen molar-refractivity contribution >= 4 is 22.9 Å². The molecule has 4 rings (SSSR count). The lowest BCUT2D eigenvalue weighted by molar-refractivity contribution is 0.499. The number of hydrogen-bond acceptors (Lipinski definition) is 4. The third-order valence-corrected chi connectivity index (χ3v) is 6.01. The van der Waals surface area contributed by atoms with Crippen molar-refractivity contribution in [2.75, 3.05) is 0 Å². The van der Waals surface area contributed by atoms with Gasteiger partial charge in [-0.25, -0.2) is 9.97 Å². The van der Waals surface area contributed by atoms with E-state index < -0.39 is 0 Å². The van der Waals surface area contributed by atoms with E-state index in [9.17, 15) is 0 Å². The first-order chi connectivity index (χ1) is 10.3. The third kappa shape index (κ3) is 2.59. The van der Waals surface area contributed by atoms with E-state index in [0.717, 1.165) is 34.8 Å². The van der Waals surface area contributed by atoms with Crippen molar-refractivity contribution in [2.24, 2.45) is 0 Å². The van der Waals surface area contributed by atoms with Crippen LogP contribution in [0.25, 0.3) is 11.1 Å². The van der Waals surface area contributed by atoms with Crippen molar-refractivity contribution in [1.82, 2.24) is 9.97 Å². The predicted molar refractivity (Wildman–Crippen MR) is 85.9 cm³/mol. The summed E-state index contributed by atoms with van der Waals surface area (Å²) in [6.45, 7) is 2.01. The quantitative estimate of drug-likeness (QED) is 0.744. The van der Waals surface area contributed by atoms with Crippen molar-refractivity contribution in [1.29, 1.82) is 0 Å². The van der Waals surface area contributed by atoms with Crippen LogP contribution >= 0.6 is 11.8 Å². The molecule has 2 aromatic rings. The minimum atomic E-state index is 0.707. The Kier molecular flexibility index (Phi) is 3.66. The normalized spacial score (nSPS) is 19.9. The highest BCUT2D eigenvalue weighted by Gasteiger charge is 2.24. The van der Waals surface area contributed by atoms with E-state index >= 15 is 0 Å². The number of aryl methyl sites for hydroxylation is 3. The highest BCUT2D eigenvalue weighted by molar-refractivity contribution is 8.00. The Hall–Kier alpha value is -1.03. The summed E-state index contributed by atoms with van der Waals surface area (Å²) in [6.07, 6.45) is 11.4. The second-order valence-electron chi connectivity index (χ2n) is 6.34. The highest BCUT2D eigenvalue weighted by Crippen LogP contribution is 2.39. The fourth-order valence-electron chi connectivity index (χ4n) is 3.62. The maximum absolute atomic E-state index is 6.17. The Morgan fingerprint density at radius 3 is 2.67 bits per heavy atom. The number of aromatic nitrogens is 2. The summed E-state index contributed by atoms with van der Waals surface area (Å²) in [6, 6.07) is 0. The summed E-state index contributed by atoms with van der Waals surface area (Å²) >= 11 is 1.93. The number of fused-ring (bicyclic) bond motifs is 3. The average Bonchev–Trinajstić information content (AvgIpc) is 2.87. The Balaban J connectivity index is 1.75. The Bertz CT molecular complexity index is 658. The predicted octanol–water partition coefficient (Wildman–Crippen LogP) is 4.83. The van der Waals surface area contributed by atoms with Crippen LogP contribution in [0, 0.1) is 6.92 Å². The van der Waals surface area contributed by atoms with Crippen molar-refractivity contribution in [2.45, 2.75) is 75.0 Å². The largest absolute Gasteiger partial charge is 0.456 e. The van der Waals surface area contributed by atoms with Crippen molar-refractivity contribution < 1.29 is 4.42 Å². The Morgan fingerprint density at radius 2 is 1.81 bits per heavy atom. The summed E-state index contributed by atoms with van der Waals surface area (Å²) in [5.41, 5.74) is 3.41. The zero-order valence-corrected chi connectivity index (χ0v) is 13.5. The van der Waals surface area contributed by atoms with Crippen molar-refractivity contribution in [3.63, 3.8) is 0 Å². The molecule has 3 nitrogen and oxygen atoms in total. The first kappa shape index (κ1) is 13.6. The molecule has 4 heteroatoms. The summed E-state index contributed by atoms with van der Waals surface area (Å²) in [4.78, 5) is 9.38. The monoisotopic (exact) mass is 302 g/mol. The SMILES string of the molecule is Cc1nc(SC2CCCCC2)c2oc3c(c2n1)CCCC3. The fraction of sp³-hybridized carbons (Fsp3) is 0.647. The minimum Gasteiger partial charge on any atom is -0.456 e. The number of rotatable bonds is 2. The molecule has 1 fully saturated rings. The lowest BCUT2D eigenvalue weighted by atomic mass is 9.98. The molecule has 2 aromatic heterocycles. The summed E-state index contributed by atoms with van der Waals surface area (Å²) in [5.74, 6) is 2.05. The standard InChI is InChI=1S/C17H22N2OS/c1-11-18-15-13-9-5-6-10-14(13)20-16(15)17(19-11)21-12-7-3-2-4-8-12/h12H,2-10H2,1H3. The average molecular weight is 302 g/mol. The molecule has 0 amide bonds. The molecule has 1 saturated carbocycles. The van der Waals surface area contributed by atoms with E-state index in [1.165, 1.54) is 56.3 Å². The van der Waals surface area contributed by atoms with Gasteiger partial charge < -0.3 is 4.42 Å². The van der Waals surface area contributed by atoms with Crippen molar-refractivity contribution in [3.05, 3.63) is 17.1 Å². The zero-order chi connectivity index (χ0) is 14.2. The van der Waals surface area contributed by atoms with Gasteiger partial charge in [0.25, 0.3) is 0 Å². The van der Waals surface area contributed by atoms with E-state index in [-0.39, 0.29) is 0 Å². The second kappa shape index (κ2) is 5.64. The van der Waals surface area contributed by atoms with E-state index in [4.69, 9.17) is 9.40 Å². The van der Waals surface area contributed by atoms with Crippen LogP contribution in [0.15, 0.2) is 9.44 Å². The lowest BCUT2D eigenvalue weighted by Crippen LogP contribution is -2.08. The molecule has 0 N–H and O–H groups in total. The Morgan fingerprint density at radius 1 is 1.00 bits per heavy atom. The van der Waals surface area contributed by atoms with Gasteiger partial charge in [0.2, 0.25) is 0 Å². The van der Waals surface area contributed by atoms with E-state index in [2.05, 4.69) is 4.98 Å². The van der Waals surface area contributed by atoms with E-state index in [1.54, 1.807) is 0 Å². The van der Waals surface area contributed by atoms with Gasteiger partial charge in [-0.3, -0.25) is 0 Å². The molecule has 21 heavy (non-hydrogen) atoms. The first-order valence-corrected chi connectivity index (χ1v) is 9.15. The zero-order valence-electron chi connectivity index (χ0n) is 12.7. The van der Waals surface area contributed by atoms with E-state index in [1.807, 2.05) is 18.7 Å². The lowest BCUT2D eigenvalue weighted by Gasteiger charge is -2.20. The molecule has 0 aromatic carbocycles. The van der Waals surface area contributed by atoms with Crippen LogP contribution < -0.4 is 0 Å². The summed E-state index contributed by atoms with van der Waals surface area (Å²) in [5, 5.41) is 1.79. The molecule has 0 unspecified atom stereocenters. The first-order valence-electron chi connectivity index (χ1n) is 8.27. The molecule has 2 heterocycles. The van der Waals surface area contributed by atoms with Gasteiger partial charge in [-0.05, 0) is 39.0 Å². The molecule has 0 spiro atoms. The maximum Gasteiger partial charge on any atom is 0.185 e. The van der Waals surface area contributed by atoms with E-state index in [0.29, 0.717) is 5.25 Å². The molecule has 0 radical (unpaired) electrons. The third-order valence-electron chi connectivity index (χ3n) is 4.71. The minimum absolute atomic E-state index is 0.707.